The molecule has 3 aromatic carbocycles. The number of hydrogen-bond donors (Lipinski definition) is 0. The first-order valence-corrected chi connectivity index (χ1v) is 10.5. The molecule has 0 fully saturated rings. The van der Waals surface area contributed by atoms with E-state index in [4.69, 9.17) is 0 Å². The van der Waals surface area contributed by atoms with Gasteiger partial charge in [-0.2, -0.15) is 10.2 Å². The molecule has 0 saturated carbocycles. The molecular weight excluding hydrogens is 398 g/mol. The smallest absolute Gasteiger partial charge is 0.249 e. The second-order valence-corrected chi connectivity index (χ2v) is 7.27. The number of rotatable bonds is 8. The van der Waals surface area contributed by atoms with Crippen LogP contribution < -0.4 is 4.90 Å². The predicted octanol–water partition coefficient (Wildman–Crippen LogP) is 7.28. The zero-order valence-electron chi connectivity index (χ0n) is 18.2. The Morgan fingerprint density at radius 3 is 1.84 bits per heavy atom. The summed E-state index contributed by atoms with van der Waals surface area (Å²) < 4.78 is 1.80. The van der Waals surface area contributed by atoms with Gasteiger partial charge in [0.25, 0.3) is 0 Å². The Hall–Kier alpha value is -4.13. The molecule has 0 aliphatic heterocycles. The molecule has 0 radical (unpaired) electrons. The highest BCUT2D eigenvalue weighted by Crippen LogP contribution is 2.25. The van der Waals surface area contributed by atoms with Crippen LogP contribution in [0, 0.1) is 0 Å². The van der Waals surface area contributed by atoms with E-state index >= 15 is 0 Å². The van der Waals surface area contributed by atoms with Gasteiger partial charge in [-0.1, -0.05) is 30.3 Å². The number of benzene rings is 3. The van der Waals surface area contributed by atoms with E-state index in [-0.39, 0.29) is 0 Å². The summed E-state index contributed by atoms with van der Waals surface area (Å²) in [6.45, 7) is 3.97. The van der Waals surface area contributed by atoms with Crippen LogP contribution in [0.3, 0.4) is 0 Å². The van der Waals surface area contributed by atoms with Crippen LogP contribution in [0.4, 0.5) is 28.7 Å². The van der Waals surface area contributed by atoms with Crippen molar-refractivity contribution in [3.05, 3.63) is 96.8 Å². The van der Waals surface area contributed by atoms with Gasteiger partial charge in [0.15, 0.2) is 0 Å². The van der Waals surface area contributed by atoms with Crippen molar-refractivity contribution in [1.82, 2.24) is 9.55 Å². The Kier molecular flexibility index (Phi) is 6.77. The first-order chi connectivity index (χ1) is 15.7. The number of anilines is 1. The highest BCUT2D eigenvalue weighted by molar-refractivity contribution is 5.53. The summed E-state index contributed by atoms with van der Waals surface area (Å²) in [5.74, 6) is 0.558. The number of imidazole rings is 1. The molecule has 1 aromatic heterocycles. The lowest BCUT2D eigenvalue weighted by atomic mass is 10.2. The SMILES string of the molecule is CCN(Cc1ccccc1)c1ccc(N=Nc2ccc(N=Nc3nccn3C)cc2)cc1. The largest absolute Gasteiger partial charge is 0.367 e. The average molecular weight is 424 g/mol. The minimum atomic E-state index is 0.558. The summed E-state index contributed by atoms with van der Waals surface area (Å²) in [5.41, 5.74) is 4.75. The molecule has 7 nitrogen and oxygen atoms in total. The van der Waals surface area contributed by atoms with Gasteiger partial charge in [0, 0.05) is 38.2 Å². The van der Waals surface area contributed by atoms with Crippen molar-refractivity contribution in [2.24, 2.45) is 27.5 Å². The first-order valence-electron chi connectivity index (χ1n) is 10.5. The van der Waals surface area contributed by atoms with Crippen LogP contribution in [0.1, 0.15) is 12.5 Å². The molecule has 32 heavy (non-hydrogen) atoms. The fourth-order valence-electron chi connectivity index (χ4n) is 3.18. The van der Waals surface area contributed by atoms with E-state index in [9.17, 15) is 0 Å². The Balaban J connectivity index is 1.38. The number of hydrogen-bond acceptors (Lipinski definition) is 6. The number of aromatic nitrogens is 2. The zero-order chi connectivity index (χ0) is 22.2. The van der Waals surface area contributed by atoms with Gasteiger partial charge >= 0.3 is 0 Å². The Morgan fingerprint density at radius 2 is 1.31 bits per heavy atom. The van der Waals surface area contributed by atoms with Gasteiger partial charge in [0.2, 0.25) is 5.95 Å². The Morgan fingerprint density at radius 1 is 0.750 bits per heavy atom. The number of nitrogens with zero attached hydrogens (tertiary/aromatic N) is 7. The highest BCUT2D eigenvalue weighted by Gasteiger charge is 2.05. The Labute approximate surface area is 187 Å². The summed E-state index contributed by atoms with van der Waals surface area (Å²) >= 11 is 0. The van der Waals surface area contributed by atoms with Crippen molar-refractivity contribution in [1.29, 1.82) is 0 Å². The monoisotopic (exact) mass is 423 g/mol. The molecule has 0 aliphatic rings. The van der Waals surface area contributed by atoms with E-state index in [1.165, 1.54) is 5.56 Å². The van der Waals surface area contributed by atoms with Gasteiger partial charge in [-0.05, 0) is 61.0 Å². The van der Waals surface area contributed by atoms with Crippen molar-refractivity contribution in [2.45, 2.75) is 13.5 Å². The molecule has 0 N–H and O–H groups in total. The molecule has 0 amide bonds. The third-order valence-corrected chi connectivity index (χ3v) is 4.99. The summed E-state index contributed by atoms with van der Waals surface area (Å²) in [5, 5.41) is 17.0. The molecule has 0 unspecified atom stereocenters. The van der Waals surface area contributed by atoms with E-state index < -0.39 is 0 Å². The molecule has 1 heterocycles. The van der Waals surface area contributed by atoms with E-state index in [1.54, 1.807) is 10.8 Å². The van der Waals surface area contributed by atoms with Gasteiger partial charge in [-0.25, -0.2) is 4.98 Å². The second-order valence-electron chi connectivity index (χ2n) is 7.27. The van der Waals surface area contributed by atoms with Crippen molar-refractivity contribution in [3.63, 3.8) is 0 Å². The van der Waals surface area contributed by atoms with Crippen molar-refractivity contribution in [3.8, 4) is 0 Å². The minimum Gasteiger partial charge on any atom is -0.367 e. The molecule has 0 bridgehead atoms. The van der Waals surface area contributed by atoms with E-state index in [0.29, 0.717) is 5.95 Å². The standard InChI is InChI=1S/C25H25N7/c1-3-32(19-20-7-5-4-6-8-20)24-15-13-23(14-16-24)28-27-21-9-11-22(12-10-21)29-30-25-26-17-18-31(25)2/h4-18H,3,19H2,1-2H3. The van der Waals surface area contributed by atoms with E-state index in [1.807, 2.05) is 55.7 Å². The molecule has 0 saturated heterocycles. The van der Waals surface area contributed by atoms with Crippen molar-refractivity contribution in [2.75, 3.05) is 11.4 Å². The first kappa shape index (κ1) is 21.1. The Bertz CT molecular complexity index is 1180. The predicted molar refractivity (Wildman–Crippen MR) is 128 cm³/mol. The fraction of sp³-hybridized carbons (Fsp3) is 0.160. The molecule has 160 valence electrons. The second kappa shape index (κ2) is 10.3. The fourth-order valence-corrected chi connectivity index (χ4v) is 3.18. The van der Waals surface area contributed by atoms with Gasteiger partial charge in [-0.15, -0.1) is 10.2 Å². The quantitative estimate of drug-likeness (QED) is 0.279. The third kappa shape index (κ3) is 5.51. The van der Waals surface area contributed by atoms with Gasteiger partial charge in [-0.3, -0.25) is 0 Å². The normalized spacial score (nSPS) is 11.4. The molecule has 4 rings (SSSR count). The topological polar surface area (TPSA) is 70.5 Å². The maximum absolute atomic E-state index is 4.35. The van der Waals surface area contributed by atoms with Crippen LogP contribution in [-0.4, -0.2) is 16.1 Å². The highest BCUT2D eigenvalue weighted by atomic mass is 15.2. The van der Waals surface area contributed by atoms with Gasteiger partial charge in [0.1, 0.15) is 0 Å². The van der Waals surface area contributed by atoms with Crippen LogP contribution in [0.15, 0.2) is 112 Å². The van der Waals surface area contributed by atoms with E-state index in [0.717, 1.165) is 35.8 Å². The lowest BCUT2D eigenvalue weighted by molar-refractivity contribution is 0.832. The lowest BCUT2D eigenvalue weighted by Gasteiger charge is -2.23. The molecule has 0 spiro atoms. The lowest BCUT2D eigenvalue weighted by Crippen LogP contribution is -2.21. The number of aryl methyl sites for hydroxylation is 1. The maximum Gasteiger partial charge on any atom is 0.249 e. The van der Waals surface area contributed by atoms with Gasteiger partial charge < -0.3 is 9.47 Å². The zero-order valence-corrected chi connectivity index (χ0v) is 18.2. The molecular formula is C25H25N7. The summed E-state index contributed by atoms with van der Waals surface area (Å²) in [6, 6.07) is 26.1. The average Bonchev–Trinajstić information content (AvgIpc) is 3.26. The molecule has 0 atom stereocenters. The van der Waals surface area contributed by atoms with Crippen molar-refractivity contribution >= 4 is 28.7 Å². The molecule has 7 heteroatoms. The third-order valence-electron chi connectivity index (χ3n) is 4.99. The van der Waals surface area contributed by atoms with Crippen molar-refractivity contribution < 1.29 is 0 Å². The van der Waals surface area contributed by atoms with Crippen LogP contribution in [0.25, 0.3) is 0 Å². The summed E-state index contributed by atoms with van der Waals surface area (Å²) in [6.07, 6.45) is 3.51. The van der Waals surface area contributed by atoms with Gasteiger partial charge in [0.05, 0.1) is 17.1 Å². The molecule has 4 aromatic rings. The maximum atomic E-state index is 4.35. The number of azo groups is 2. The summed E-state index contributed by atoms with van der Waals surface area (Å²) in [4.78, 5) is 6.45. The minimum absolute atomic E-state index is 0.558. The van der Waals surface area contributed by atoms with E-state index in [2.05, 4.69) is 73.7 Å². The van der Waals surface area contributed by atoms with Crippen LogP contribution in [0.2, 0.25) is 0 Å². The van der Waals surface area contributed by atoms with Crippen LogP contribution in [-0.2, 0) is 13.6 Å². The van der Waals surface area contributed by atoms with Crippen LogP contribution >= 0.6 is 0 Å². The summed E-state index contributed by atoms with van der Waals surface area (Å²) in [7, 11) is 1.88. The van der Waals surface area contributed by atoms with Crippen LogP contribution in [0.5, 0.6) is 0 Å². The molecule has 0 aliphatic carbocycles.